The zero-order valence-corrected chi connectivity index (χ0v) is 16.7. The van der Waals surface area contributed by atoms with E-state index in [0.29, 0.717) is 30.1 Å². The van der Waals surface area contributed by atoms with E-state index in [9.17, 15) is 9.18 Å². The summed E-state index contributed by atoms with van der Waals surface area (Å²) < 4.78 is 30.4. The van der Waals surface area contributed by atoms with Crippen LogP contribution in [0.1, 0.15) is 56.7 Å². The van der Waals surface area contributed by atoms with Gasteiger partial charge in [0.2, 0.25) is 5.89 Å². The van der Waals surface area contributed by atoms with E-state index in [1.807, 2.05) is 0 Å². The second-order valence-corrected chi connectivity index (χ2v) is 9.16. The Kier molecular flexibility index (Phi) is 4.62. The average molecular weight is 421 g/mol. The number of hydrogen-bond donors (Lipinski definition) is 0. The van der Waals surface area contributed by atoms with Crippen LogP contribution < -0.4 is 4.74 Å². The highest BCUT2D eigenvalue weighted by molar-refractivity contribution is 6.30. The topological polar surface area (TPSA) is 74.5 Å². The van der Waals surface area contributed by atoms with Crippen molar-refractivity contribution in [2.75, 3.05) is 6.61 Å². The lowest BCUT2D eigenvalue weighted by molar-refractivity contribution is -0.170. The Morgan fingerprint density at radius 1 is 1.28 bits per heavy atom. The van der Waals surface area contributed by atoms with Crippen molar-refractivity contribution in [1.82, 2.24) is 10.2 Å². The molecule has 0 spiro atoms. The third-order valence-corrected chi connectivity index (χ3v) is 6.72. The molecule has 0 aliphatic heterocycles. The number of rotatable bonds is 9. The van der Waals surface area contributed by atoms with Gasteiger partial charge in [0.05, 0.1) is 16.5 Å². The molecule has 0 radical (unpaired) electrons. The molecule has 0 atom stereocenters. The van der Waals surface area contributed by atoms with Crippen molar-refractivity contribution >= 4 is 17.4 Å². The number of ketones is 1. The standard InChI is InChI=1S/C21H22ClFN2O4/c22-16-5-4-15(6-17(16)23)28-9-18-24-25-19(29-18)21-10-20(11-21,12-21)7-13(26)8-27-14-2-1-3-14/h4-6,14H,1-3,7-12H2. The van der Waals surface area contributed by atoms with Crippen LogP contribution in [0, 0.1) is 11.2 Å². The van der Waals surface area contributed by atoms with Gasteiger partial charge in [-0.3, -0.25) is 4.79 Å². The molecule has 8 heteroatoms. The van der Waals surface area contributed by atoms with Gasteiger partial charge in [0, 0.05) is 12.5 Å². The Morgan fingerprint density at radius 2 is 2.07 bits per heavy atom. The maximum absolute atomic E-state index is 13.5. The number of nitrogens with zero attached hydrogens (tertiary/aromatic N) is 2. The van der Waals surface area contributed by atoms with Crippen molar-refractivity contribution < 1.29 is 23.1 Å². The van der Waals surface area contributed by atoms with Crippen molar-refractivity contribution in [3.8, 4) is 5.75 Å². The highest BCUT2D eigenvalue weighted by Crippen LogP contribution is 2.74. The fourth-order valence-corrected chi connectivity index (χ4v) is 4.99. The SMILES string of the molecule is O=C(COC1CCC1)CC12CC(c3nnc(COc4ccc(Cl)c(F)c4)o3)(C1)C2. The van der Waals surface area contributed by atoms with E-state index in [0.717, 1.165) is 32.1 Å². The van der Waals surface area contributed by atoms with E-state index in [4.69, 9.17) is 25.5 Å². The van der Waals surface area contributed by atoms with Crippen LogP contribution in [0.2, 0.25) is 5.02 Å². The van der Waals surface area contributed by atoms with E-state index in [-0.39, 0.29) is 34.8 Å². The highest BCUT2D eigenvalue weighted by atomic mass is 35.5. The first-order valence-electron chi connectivity index (χ1n) is 9.99. The zero-order chi connectivity index (χ0) is 20.1. The highest BCUT2D eigenvalue weighted by Gasteiger charge is 2.71. The second-order valence-electron chi connectivity index (χ2n) is 8.76. The maximum Gasteiger partial charge on any atom is 0.253 e. The molecule has 29 heavy (non-hydrogen) atoms. The number of Topliss-reactive ketones (excluding diaryl/α,β-unsaturated/α-hetero) is 1. The number of aromatic nitrogens is 2. The normalized spacial score (nSPS) is 27.7. The summed E-state index contributed by atoms with van der Waals surface area (Å²) in [6, 6.07) is 4.24. The molecule has 4 saturated carbocycles. The van der Waals surface area contributed by atoms with Gasteiger partial charge in [-0.05, 0) is 56.1 Å². The quantitative estimate of drug-likeness (QED) is 0.599. The molecule has 0 unspecified atom stereocenters. The van der Waals surface area contributed by atoms with E-state index in [1.54, 1.807) is 6.07 Å². The van der Waals surface area contributed by atoms with Crippen molar-refractivity contribution in [1.29, 1.82) is 0 Å². The van der Waals surface area contributed by atoms with Gasteiger partial charge in [-0.15, -0.1) is 10.2 Å². The number of benzene rings is 1. The molecule has 4 aliphatic carbocycles. The number of halogens is 2. The first kappa shape index (κ1) is 19.0. The lowest BCUT2D eigenvalue weighted by Crippen LogP contribution is -2.65. The average Bonchev–Trinajstić information content (AvgIpc) is 3.05. The van der Waals surface area contributed by atoms with E-state index in [1.165, 1.54) is 18.6 Å². The summed E-state index contributed by atoms with van der Waals surface area (Å²) >= 11 is 5.66. The van der Waals surface area contributed by atoms with Gasteiger partial charge in [0.15, 0.2) is 12.4 Å². The number of carbonyl (C=O) groups is 1. The van der Waals surface area contributed by atoms with Crippen molar-refractivity contribution in [2.45, 2.75) is 63.1 Å². The Labute approximate surface area is 172 Å². The van der Waals surface area contributed by atoms with Gasteiger partial charge in [-0.2, -0.15) is 0 Å². The third kappa shape index (κ3) is 3.55. The van der Waals surface area contributed by atoms with Crippen LogP contribution >= 0.6 is 11.6 Å². The molecule has 0 N–H and O–H groups in total. The number of ether oxygens (including phenoxy) is 2. The lowest BCUT2D eigenvalue weighted by atomic mass is 9.34. The molecule has 4 aliphatic rings. The second kappa shape index (κ2) is 7.06. The molecular formula is C21H22ClFN2O4. The Morgan fingerprint density at radius 3 is 2.76 bits per heavy atom. The molecule has 154 valence electrons. The summed E-state index contributed by atoms with van der Waals surface area (Å²) in [4.78, 5) is 12.2. The minimum Gasteiger partial charge on any atom is -0.484 e. The van der Waals surface area contributed by atoms with E-state index < -0.39 is 5.82 Å². The maximum atomic E-state index is 13.5. The first-order valence-corrected chi connectivity index (χ1v) is 10.4. The van der Waals surface area contributed by atoms with Gasteiger partial charge < -0.3 is 13.9 Å². The van der Waals surface area contributed by atoms with Crippen LogP contribution in [0.25, 0.3) is 0 Å². The van der Waals surface area contributed by atoms with Crippen LogP contribution in [0.15, 0.2) is 22.6 Å². The summed E-state index contributed by atoms with van der Waals surface area (Å²) in [6.07, 6.45) is 6.95. The summed E-state index contributed by atoms with van der Waals surface area (Å²) in [5.41, 5.74) is -0.00123. The van der Waals surface area contributed by atoms with Gasteiger partial charge >= 0.3 is 0 Å². The smallest absolute Gasteiger partial charge is 0.253 e. The van der Waals surface area contributed by atoms with Gasteiger partial charge in [0.25, 0.3) is 5.89 Å². The Hall–Kier alpha value is -1.99. The van der Waals surface area contributed by atoms with Gasteiger partial charge in [-0.1, -0.05) is 11.6 Å². The van der Waals surface area contributed by atoms with Crippen LogP contribution in [0.4, 0.5) is 4.39 Å². The molecular weight excluding hydrogens is 399 g/mol. The van der Waals surface area contributed by atoms with Crippen LogP contribution in [0.5, 0.6) is 5.75 Å². The fourth-order valence-electron chi connectivity index (χ4n) is 4.87. The van der Waals surface area contributed by atoms with Crippen molar-refractivity contribution in [2.24, 2.45) is 5.41 Å². The van der Waals surface area contributed by atoms with Gasteiger partial charge in [-0.25, -0.2) is 4.39 Å². The molecule has 1 heterocycles. The van der Waals surface area contributed by atoms with Crippen LogP contribution in [-0.4, -0.2) is 28.7 Å². The van der Waals surface area contributed by atoms with E-state index >= 15 is 0 Å². The molecule has 2 bridgehead atoms. The van der Waals surface area contributed by atoms with Crippen LogP contribution in [0.3, 0.4) is 0 Å². The zero-order valence-electron chi connectivity index (χ0n) is 16.0. The molecule has 4 fully saturated rings. The molecule has 0 saturated heterocycles. The minimum absolute atomic E-state index is 0.0445. The summed E-state index contributed by atoms with van der Waals surface area (Å²) in [7, 11) is 0. The van der Waals surface area contributed by atoms with E-state index in [2.05, 4.69) is 10.2 Å². The van der Waals surface area contributed by atoms with Crippen molar-refractivity contribution in [3.63, 3.8) is 0 Å². The lowest BCUT2D eigenvalue weighted by Gasteiger charge is -2.68. The number of carbonyl (C=O) groups excluding carboxylic acids is 1. The molecule has 0 amide bonds. The first-order chi connectivity index (χ1) is 14.0. The summed E-state index contributed by atoms with van der Waals surface area (Å²) in [5.74, 6) is 0.957. The third-order valence-electron chi connectivity index (χ3n) is 6.42. The van der Waals surface area contributed by atoms with Gasteiger partial charge in [0.1, 0.15) is 18.2 Å². The molecule has 2 aromatic rings. The van der Waals surface area contributed by atoms with Crippen molar-refractivity contribution in [3.05, 3.63) is 40.8 Å². The largest absolute Gasteiger partial charge is 0.484 e. The molecule has 1 aromatic carbocycles. The Balaban J connectivity index is 1.11. The monoisotopic (exact) mass is 420 g/mol. The Bertz CT molecular complexity index is 923. The van der Waals surface area contributed by atoms with Crippen LogP contribution in [-0.2, 0) is 21.6 Å². The predicted molar refractivity (Wildman–Crippen MR) is 101 cm³/mol. The molecule has 1 aromatic heterocycles. The predicted octanol–water partition coefficient (Wildman–Crippen LogP) is 4.39. The molecule has 6 rings (SSSR count). The summed E-state index contributed by atoms with van der Waals surface area (Å²) in [6.45, 7) is 0.305. The minimum atomic E-state index is -0.540. The fraction of sp³-hybridized carbons (Fsp3) is 0.571. The molecule has 6 nitrogen and oxygen atoms in total. The number of hydrogen-bond acceptors (Lipinski definition) is 6. The summed E-state index contributed by atoms with van der Waals surface area (Å²) in [5, 5.41) is 8.27.